The molecular formula is C17H15ClF4N4O3S. The van der Waals surface area contributed by atoms with Crippen molar-refractivity contribution >= 4 is 33.2 Å². The summed E-state index contributed by atoms with van der Waals surface area (Å²) >= 11 is 6.00. The summed E-state index contributed by atoms with van der Waals surface area (Å²) in [6.07, 6.45) is -3.95. The Bertz CT molecular complexity index is 1150. The molecule has 30 heavy (non-hydrogen) atoms. The number of nitrogens with one attached hydrogen (secondary N) is 2. The average Bonchev–Trinajstić information content (AvgIpc) is 2.92. The van der Waals surface area contributed by atoms with Crippen LogP contribution >= 0.6 is 11.6 Å². The minimum absolute atomic E-state index is 0.0121. The third-order valence-corrected chi connectivity index (χ3v) is 6.22. The molecule has 0 spiro atoms. The monoisotopic (exact) mass is 466 g/mol. The number of rotatable bonds is 5. The van der Waals surface area contributed by atoms with E-state index in [2.05, 4.69) is 5.32 Å². The van der Waals surface area contributed by atoms with Crippen molar-refractivity contribution in [1.29, 1.82) is 5.26 Å². The molecule has 2 rings (SSSR count). The normalized spacial score (nSPS) is 13.0. The molecule has 0 saturated heterocycles. The lowest BCUT2D eigenvalue weighted by molar-refractivity contribution is -0.147. The van der Waals surface area contributed by atoms with Crippen molar-refractivity contribution < 1.29 is 30.8 Å². The van der Waals surface area contributed by atoms with Gasteiger partial charge in [0.1, 0.15) is 28.5 Å². The Morgan fingerprint density at radius 1 is 1.33 bits per heavy atom. The molecular weight excluding hydrogens is 452 g/mol. The number of halogens is 5. The lowest BCUT2D eigenvalue weighted by atomic mass is 10.1. The maximum absolute atomic E-state index is 13.6. The van der Waals surface area contributed by atoms with Crippen LogP contribution < -0.4 is 10.0 Å². The van der Waals surface area contributed by atoms with E-state index in [0.717, 1.165) is 22.9 Å². The van der Waals surface area contributed by atoms with E-state index in [0.29, 0.717) is 6.92 Å². The SMILES string of the molecule is Cc1c(F)ccc(NC(=O)c2c(Cl)c(S(=O)(=O)NC(C)C(F)(F)F)cn2C)c1C#N. The summed E-state index contributed by atoms with van der Waals surface area (Å²) in [5, 5.41) is 10.9. The van der Waals surface area contributed by atoms with Gasteiger partial charge in [-0.05, 0) is 26.0 Å². The van der Waals surface area contributed by atoms with E-state index >= 15 is 0 Å². The van der Waals surface area contributed by atoms with Gasteiger partial charge in [0.05, 0.1) is 16.3 Å². The number of benzene rings is 1. The molecule has 1 amide bonds. The highest BCUT2D eigenvalue weighted by Gasteiger charge is 2.40. The van der Waals surface area contributed by atoms with Crippen LogP contribution in [0, 0.1) is 24.1 Å². The predicted molar refractivity (Wildman–Crippen MR) is 100 cm³/mol. The minimum atomic E-state index is -4.83. The van der Waals surface area contributed by atoms with Crippen molar-refractivity contribution in [3.8, 4) is 6.07 Å². The van der Waals surface area contributed by atoms with Crippen LogP contribution in [-0.4, -0.2) is 31.1 Å². The molecule has 13 heteroatoms. The van der Waals surface area contributed by atoms with E-state index in [1.165, 1.54) is 18.7 Å². The minimum Gasteiger partial charge on any atom is -0.344 e. The number of sulfonamides is 1. The topological polar surface area (TPSA) is 104 Å². The zero-order valence-electron chi connectivity index (χ0n) is 15.7. The van der Waals surface area contributed by atoms with Crippen molar-refractivity contribution in [1.82, 2.24) is 9.29 Å². The van der Waals surface area contributed by atoms with Gasteiger partial charge in [0, 0.05) is 18.8 Å². The molecule has 162 valence electrons. The summed E-state index contributed by atoms with van der Waals surface area (Å²) in [7, 11) is -3.45. The number of aryl methyl sites for hydroxylation is 1. The molecule has 0 radical (unpaired) electrons. The van der Waals surface area contributed by atoms with Crippen LogP contribution in [0.2, 0.25) is 5.02 Å². The number of hydrogen-bond donors (Lipinski definition) is 2. The van der Waals surface area contributed by atoms with Gasteiger partial charge in [-0.25, -0.2) is 12.8 Å². The van der Waals surface area contributed by atoms with Crippen molar-refractivity contribution in [2.75, 3.05) is 5.32 Å². The van der Waals surface area contributed by atoms with Crippen molar-refractivity contribution in [3.63, 3.8) is 0 Å². The Balaban J connectivity index is 2.42. The highest BCUT2D eigenvalue weighted by Crippen LogP contribution is 2.30. The Hall–Kier alpha value is -2.62. The number of carbonyl (C=O) groups excluding carboxylic acids is 1. The Morgan fingerprint density at radius 2 is 1.93 bits per heavy atom. The summed E-state index contributed by atoms with van der Waals surface area (Å²) in [5.74, 6) is -1.62. The molecule has 0 saturated carbocycles. The number of aromatic nitrogens is 1. The highest BCUT2D eigenvalue weighted by molar-refractivity contribution is 7.89. The van der Waals surface area contributed by atoms with Gasteiger partial charge in [-0.2, -0.15) is 23.2 Å². The summed E-state index contributed by atoms with van der Waals surface area (Å²) in [4.78, 5) is 11.9. The molecule has 2 aromatic rings. The quantitative estimate of drug-likeness (QED) is 0.658. The first kappa shape index (κ1) is 23.7. The molecule has 1 heterocycles. The first-order valence-corrected chi connectivity index (χ1v) is 10.0. The van der Waals surface area contributed by atoms with Crippen LogP contribution in [0.4, 0.5) is 23.2 Å². The molecule has 0 aliphatic rings. The highest BCUT2D eigenvalue weighted by atomic mass is 35.5. The zero-order chi connectivity index (χ0) is 23.0. The molecule has 0 bridgehead atoms. The molecule has 0 fully saturated rings. The number of amides is 1. The first-order valence-electron chi connectivity index (χ1n) is 8.15. The van der Waals surface area contributed by atoms with Gasteiger partial charge in [-0.3, -0.25) is 4.79 Å². The second-order valence-corrected chi connectivity index (χ2v) is 8.37. The van der Waals surface area contributed by atoms with E-state index in [1.54, 1.807) is 6.07 Å². The van der Waals surface area contributed by atoms with Gasteiger partial charge in [-0.15, -0.1) is 0 Å². The molecule has 0 aliphatic heterocycles. The molecule has 1 atom stereocenters. The van der Waals surface area contributed by atoms with Crippen molar-refractivity contribution in [2.24, 2.45) is 7.05 Å². The van der Waals surface area contributed by atoms with E-state index in [9.17, 15) is 36.0 Å². The number of alkyl halides is 3. The summed E-state index contributed by atoms with van der Waals surface area (Å²) < 4.78 is 78.8. The van der Waals surface area contributed by atoms with Gasteiger partial charge in [0.15, 0.2) is 0 Å². The zero-order valence-corrected chi connectivity index (χ0v) is 17.3. The first-order chi connectivity index (χ1) is 13.7. The maximum atomic E-state index is 13.6. The fourth-order valence-electron chi connectivity index (χ4n) is 2.49. The summed E-state index contributed by atoms with van der Waals surface area (Å²) in [6.45, 7) is 1.94. The van der Waals surface area contributed by atoms with Gasteiger partial charge < -0.3 is 9.88 Å². The van der Waals surface area contributed by atoms with Crippen LogP contribution in [0.15, 0.2) is 23.2 Å². The molecule has 1 aromatic carbocycles. The smallest absolute Gasteiger partial charge is 0.344 e. The number of nitrogens with zero attached hydrogens (tertiary/aromatic N) is 2. The van der Waals surface area contributed by atoms with E-state index in [-0.39, 0.29) is 22.5 Å². The third kappa shape index (κ3) is 4.58. The predicted octanol–water partition coefficient (Wildman–Crippen LogP) is 3.48. The lowest BCUT2D eigenvalue weighted by Crippen LogP contribution is -2.42. The lowest BCUT2D eigenvalue weighted by Gasteiger charge is -2.16. The average molecular weight is 467 g/mol. The van der Waals surface area contributed by atoms with Gasteiger partial charge in [0.25, 0.3) is 5.91 Å². The molecule has 0 aliphatic carbocycles. The Labute approximate surface area is 174 Å². The van der Waals surface area contributed by atoms with Crippen LogP contribution in [0.5, 0.6) is 0 Å². The number of hydrogen-bond acceptors (Lipinski definition) is 4. The van der Waals surface area contributed by atoms with Crippen LogP contribution in [0.25, 0.3) is 0 Å². The maximum Gasteiger partial charge on any atom is 0.404 e. The van der Waals surface area contributed by atoms with Gasteiger partial charge in [-0.1, -0.05) is 11.6 Å². The molecule has 1 aromatic heterocycles. The van der Waals surface area contributed by atoms with Gasteiger partial charge in [0.2, 0.25) is 10.0 Å². The van der Waals surface area contributed by atoms with Crippen LogP contribution in [-0.2, 0) is 17.1 Å². The standard InChI is InChI=1S/C17H15ClF4N4O3S/c1-8-10(6-23)12(5-4-11(8)19)24-16(27)15-14(18)13(7-26(15)3)30(28,29)25-9(2)17(20,21)22/h4-5,7,9,25H,1-3H3,(H,24,27). The van der Waals surface area contributed by atoms with E-state index < -0.39 is 43.9 Å². The Morgan fingerprint density at radius 3 is 2.47 bits per heavy atom. The third-order valence-electron chi connectivity index (χ3n) is 4.17. The molecule has 1 unspecified atom stereocenters. The second kappa shape index (κ2) is 8.25. The van der Waals surface area contributed by atoms with Crippen LogP contribution in [0.3, 0.4) is 0 Å². The molecule has 7 nitrogen and oxygen atoms in total. The van der Waals surface area contributed by atoms with Crippen LogP contribution in [0.1, 0.15) is 28.5 Å². The largest absolute Gasteiger partial charge is 0.404 e. The van der Waals surface area contributed by atoms with E-state index in [1.807, 2.05) is 0 Å². The Kier molecular flexibility index (Phi) is 6.51. The fraction of sp³-hybridized carbons (Fsp3) is 0.294. The number of carbonyl (C=O) groups is 1. The summed E-state index contributed by atoms with van der Waals surface area (Å²) in [6, 6.07) is 1.52. The van der Waals surface area contributed by atoms with E-state index in [4.69, 9.17) is 11.6 Å². The molecule has 2 N–H and O–H groups in total. The summed E-state index contributed by atoms with van der Waals surface area (Å²) in [5.41, 5.74) is -0.599. The second-order valence-electron chi connectivity index (χ2n) is 6.31. The van der Waals surface area contributed by atoms with Crippen molar-refractivity contribution in [2.45, 2.75) is 31.0 Å². The fourth-order valence-corrected chi connectivity index (χ4v) is 4.42. The van der Waals surface area contributed by atoms with Gasteiger partial charge >= 0.3 is 6.18 Å². The van der Waals surface area contributed by atoms with Crippen molar-refractivity contribution in [3.05, 3.63) is 46.0 Å². The number of nitriles is 1. The number of anilines is 1.